The Hall–Kier alpha value is -2.04. The molecule has 2 aromatic heterocycles. The summed E-state index contributed by atoms with van der Waals surface area (Å²) in [5.41, 5.74) is 3.32. The predicted molar refractivity (Wildman–Crippen MR) is 83.6 cm³/mol. The van der Waals surface area contributed by atoms with E-state index in [4.69, 9.17) is 0 Å². The van der Waals surface area contributed by atoms with Crippen LogP contribution in [0.1, 0.15) is 5.69 Å². The maximum atomic E-state index is 12.2. The van der Waals surface area contributed by atoms with Gasteiger partial charge in [0.15, 0.2) is 0 Å². The second-order valence-electron chi connectivity index (χ2n) is 4.44. The third kappa shape index (κ3) is 2.93. The summed E-state index contributed by atoms with van der Waals surface area (Å²) in [5.74, 6) is 0.797. The molecule has 0 saturated carbocycles. The zero-order valence-electron chi connectivity index (χ0n) is 11.4. The fourth-order valence-electron chi connectivity index (χ4n) is 1.81. The molecule has 0 spiro atoms. The average Bonchev–Trinajstić information content (AvgIpc) is 2.93. The van der Waals surface area contributed by atoms with Gasteiger partial charge in [0.05, 0.1) is 4.90 Å². The SMILES string of the molecule is Cc1cc(NNS(=O)(=O)c2ccc(Br)cc2)n2ncnc2n1. The highest BCUT2D eigenvalue weighted by molar-refractivity contribution is 9.10. The van der Waals surface area contributed by atoms with Crippen LogP contribution in [0.5, 0.6) is 0 Å². The molecule has 0 aliphatic rings. The van der Waals surface area contributed by atoms with Gasteiger partial charge in [-0.25, -0.2) is 13.4 Å². The Balaban J connectivity index is 1.87. The number of hydrogen-bond donors (Lipinski definition) is 2. The molecule has 22 heavy (non-hydrogen) atoms. The summed E-state index contributed by atoms with van der Waals surface area (Å²) in [7, 11) is -3.70. The van der Waals surface area contributed by atoms with Crippen molar-refractivity contribution < 1.29 is 8.42 Å². The van der Waals surface area contributed by atoms with Crippen molar-refractivity contribution in [3.05, 3.63) is 46.8 Å². The first-order valence-electron chi connectivity index (χ1n) is 6.16. The predicted octanol–water partition coefficient (Wildman–Crippen LogP) is 1.50. The van der Waals surface area contributed by atoms with Crippen LogP contribution in [-0.4, -0.2) is 28.0 Å². The van der Waals surface area contributed by atoms with Crippen LogP contribution < -0.4 is 10.3 Å². The number of hydrogen-bond acceptors (Lipinski definition) is 6. The first-order chi connectivity index (χ1) is 10.5. The van der Waals surface area contributed by atoms with Crippen molar-refractivity contribution in [2.45, 2.75) is 11.8 Å². The lowest BCUT2D eigenvalue weighted by Gasteiger charge is -2.10. The minimum atomic E-state index is -3.70. The number of fused-ring (bicyclic) bond motifs is 1. The van der Waals surface area contributed by atoms with E-state index >= 15 is 0 Å². The minimum Gasteiger partial charge on any atom is -0.292 e. The number of nitrogens with zero attached hydrogens (tertiary/aromatic N) is 4. The lowest BCUT2D eigenvalue weighted by Crippen LogP contribution is -2.30. The highest BCUT2D eigenvalue weighted by Gasteiger charge is 2.14. The molecule has 2 N–H and O–H groups in total. The molecule has 8 nitrogen and oxygen atoms in total. The summed E-state index contributed by atoms with van der Waals surface area (Å²) in [6.45, 7) is 1.78. The maximum Gasteiger partial charge on any atom is 0.257 e. The van der Waals surface area contributed by atoms with Crippen LogP contribution in [-0.2, 0) is 10.0 Å². The van der Waals surface area contributed by atoms with Crippen molar-refractivity contribution in [2.75, 3.05) is 5.43 Å². The van der Waals surface area contributed by atoms with Gasteiger partial charge in [-0.3, -0.25) is 5.43 Å². The van der Waals surface area contributed by atoms with E-state index in [0.717, 1.165) is 4.47 Å². The average molecular weight is 383 g/mol. The van der Waals surface area contributed by atoms with Gasteiger partial charge in [0, 0.05) is 16.2 Å². The van der Waals surface area contributed by atoms with Crippen LogP contribution in [0.3, 0.4) is 0 Å². The molecule has 0 radical (unpaired) electrons. The molecule has 0 amide bonds. The van der Waals surface area contributed by atoms with E-state index < -0.39 is 10.0 Å². The second kappa shape index (κ2) is 5.63. The lowest BCUT2D eigenvalue weighted by atomic mass is 10.4. The summed E-state index contributed by atoms with van der Waals surface area (Å²) < 4.78 is 26.7. The minimum absolute atomic E-state index is 0.142. The quantitative estimate of drug-likeness (QED) is 0.663. The molecular formula is C12H11BrN6O2S. The number of benzene rings is 1. The van der Waals surface area contributed by atoms with Crippen LogP contribution in [0.25, 0.3) is 5.78 Å². The van der Waals surface area contributed by atoms with E-state index in [1.807, 2.05) is 0 Å². The number of hydrazine groups is 1. The summed E-state index contributed by atoms with van der Waals surface area (Å²) in [6, 6.07) is 7.96. The fraction of sp³-hybridized carbons (Fsp3) is 0.0833. The van der Waals surface area contributed by atoms with Gasteiger partial charge in [0.25, 0.3) is 15.8 Å². The van der Waals surface area contributed by atoms with E-state index in [1.54, 1.807) is 25.1 Å². The zero-order valence-corrected chi connectivity index (χ0v) is 13.8. The van der Waals surface area contributed by atoms with Crippen LogP contribution in [0.4, 0.5) is 5.82 Å². The van der Waals surface area contributed by atoms with Gasteiger partial charge in [0.2, 0.25) is 0 Å². The van der Waals surface area contributed by atoms with Crippen LogP contribution in [0.2, 0.25) is 0 Å². The highest BCUT2D eigenvalue weighted by Crippen LogP contribution is 2.15. The monoisotopic (exact) mass is 382 g/mol. The van der Waals surface area contributed by atoms with Crippen molar-refractivity contribution >= 4 is 37.5 Å². The number of aromatic nitrogens is 4. The number of rotatable bonds is 4. The maximum absolute atomic E-state index is 12.2. The van der Waals surface area contributed by atoms with E-state index in [9.17, 15) is 8.42 Å². The zero-order chi connectivity index (χ0) is 15.7. The van der Waals surface area contributed by atoms with Crippen molar-refractivity contribution in [3.8, 4) is 0 Å². The van der Waals surface area contributed by atoms with Gasteiger partial charge >= 0.3 is 0 Å². The largest absolute Gasteiger partial charge is 0.292 e. The van der Waals surface area contributed by atoms with E-state index in [0.29, 0.717) is 17.3 Å². The van der Waals surface area contributed by atoms with Gasteiger partial charge in [-0.2, -0.15) is 14.6 Å². The third-order valence-corrected chi connectivity index (χ3v) is 4.61. The van der Waals surface area contributed by atoms with Crippen LogP contribution >= 0.6 is 15.9 Å². The molecule has 0 aliphatic carbocycles. The van der Waals surface area contributed by atoms with Crippen molar-refractivity contribution in [3.63, 3.8) is 0 Å². The van der Waals surface area contributed by atoms with Crippen LogP contribution in [0, 0.1) is 6.92 Å². The number of halogens is 1. The second-order valence-corrected chi connectivity index (χ2v) is 7.04. The fourth-order valence-corrected chi connectivity index (χ4v) is 2.93. The molecule has 3 rings (SSSR count). The van der Waals surface area contributed by atoms with E-state index in [1.165, 1.54) is 23.0 Å². The highest BCUT2D eigenvalue weighted by atomic mass is 79.9. The van der Waals surface area contributed by atoms with Crippen molar-refractivity contribution in [1.82, 2.24) is 24.4 Å². The molecule has 3 aromatic rings. The summed E-state index contributed by atoms with van der Waals surface area (Å²) in [6.07, 6.45) is 1.34. The molecule has 0 fully saturated rings. The normalized spacial score (nSPS) is 11.7. The number of aryl methyl sites for hydroxylation is 1. The Bertz CT molecular complexity index is 922. The Morgan fingerprint density at radius 1 is 1.23 bits per heavy atom. The molecule has 1 aromatic carbocycles. The van der Waals surface area contributed by atoms with Gasteiger partial charge in [-0.05, 0) is 31.2 Å². The smallest absolute Gasteiger partial charge is 0.257 e. The van der Waals surface area contributed by atoms with E-state index in [2.05, 4.69) is 41.3 Å². The summed E-state index contributed by atoms with van der Waals surface area (Å²) >= 11 is 3.26. The lowest BCUT2D eigenvalue weighted by molar-refractivity contribution is 0.587. The summed E-state index contributed by atoms with van der Waals surface area (Å²) in [5, 5.41) is 3.98. The first kappa shape index (κ1) is 14.9. The van der Waals surface area contributed by atoms with E-state index in [-0.39, 0.29) is 4.90 Å². The Morgan fingerprint density at radius 3 is 2.68 bits per heavy atom. The molecule has 0 atom stereocenters. The third-order valence-electron chi connectivity index (χ3n) is 2.82. The van der Waals surface area contributed by atoms with Gasteiger partial charge < -0.3 is 0 Å². The van der Waals surface area contributed by atoms with Gasteiger partial charge in [0.1, 0.15) is 12.1 Å². The number of anilines is 1. The molecule has 114 valence electrons. The molecule has 0 saturated heterocycles. The topological polar surface area (TPSA) is 101 Å². The van der Waals surface area contributed by atoms with Crippen molar-refractivity contribution in [2.24, 2.45) is 0 Å². The van der Waals surface area contributed by atoms with Gasteiger partial charge in [-0.15, -0.1) is 4.83 Å². The standard InChI is InChI=1S/C12H11BrN6O2S/c1-8-6-11(19-12(16-8)14-7-15-19)17-18-22(20,21)10-4-2-9(13)3-5-10/h2-7,17-18H,1H3. The number of nitrogens with one attached hydrogen (secondary N) is 2. The van der Waals surface area contributed by atoms with Crippen molar-refractivity contribution in [1.29, 1.82) is 0 Å². The molecule has 0 bridgehead atoms. The molecule has 2 heterocycles. The Labute approximate surface area is 134 Å². The molecule has 10 heteroatoms. The summed E-state index contributed by atoms with van der Waals surface area (Å²) in [4.78, 5) is 10.6. The molecule has 0 unspecified atom stereocenters. The van der Waals surface area contributed by atoms with Crippen LogP contribution in [0.15, 0.2) is 46.0 Å². The van der Waals surface area contributed by atoms with Gasteiger partial charge in [-0.1, -0.05) is 15.9 Å². The molecular weight excluding hydrogens is 372 g/mol. The Kier molecular flexibility index (Phi) is 3.81. The Morgan fingerprint density at radius 2 is 1.95 bits per heavy atom. The first-order valence-corrected chi connectivity index (χ1v) is 8.44. The molecule has 0 aliphatic heterocycles. The number of sulfonamides is 1.